The number of hydrogen-bond donors (Lipinski definition) is 3. The maximum Gasteiger partial charge on any atom is 0.410 e. The standard InChI is InChI=1S/C23H25NO8/c1-21(18(26)27)9-8-15-16(25)10-23(32-17(15)22(21,2)19(28)29)12-24(13-23)20(30)31-11-14-6-4-3-5-7-14/h3-9,16,25H,10-13H2,1-2H3,(H,26,27)(H,28,29). The molecule has 3 N–H and O–H groups in total. The summed E-state index contributed by atoms with van der Waals surface area (Å²) >= 11 is 0. The summed E-state index contributed by atoms with van der Waals surface area (Å²) in [7, 11) is 0. The lowest BCUT2D eigenvalue weighted by molar-refractivity contribution is -0.183. The van der Waals surface area contributed by atoms with Crippen LogP contribution in [0.2, 0.25) is 0 Å². The molecule has 3 unspecified atom stereocenters. The maximum atomic E-state index is 12.4. The van der Waals surface area contributed by atoms with Gasteiger partial charge in [0.15, 0.2) is 0 Å². The molecule has 1 aliphatic carbocycles. The molecule has 4 rings (SSSR count). The minimum atomic E-state index is -1.94. The molecule has 1 spiro atoms. The molecule has 3 atom stereocenters. The monoisotopic (exact) mass is 443 g/mol. The second-order valence-corrected chi connectivity index (χ2v) is 8.96. The summed E-state index contributed by atoms with van der Waals surface area (Å²) in [5.74, 6) is -2.77. The van der Waals surface area contributed by atoms with Crippen molar-refractivity contribution >= 4 is 18.0 Å². The van der Waals surface area contributed by atoms with Gasteiger partial charge in [0.25, 0.3) is 0 Å². The van der Waals surface area contributed by atoms with E-state index >= 15 is 0 Å². The van der Waals surface area contributed by atoms with Crippen LogP contribution in [0, 0.1) is 10.8 Å². The van der Waals surface area contributed by atoms with E-state index in [1.165, 1.54) is 30.9 Å². The summed E-state index contributed by atoms with van der Waals surface area (Å²) in [6.07, 6.45) is 1.28. The molecular formula is C23H25NO8. The SMILES string of the molecule is CC1(C(=O)O)C=CC2=C(OC3(CC2O)CN(C(=O)OCc2ccccc2)C3)C1(C)C(=O)O. The Bertz CT molecular complexity index is 1030. The molecular weight excluding hydrogens is 418 g/mol. The van der Waals surface area contributed by atoms with Crippen molar-refractivity contribution in [2.24, 2.45) is 10.8 Å². The molecule has 2 heterocycles. The van der Waals surface area contributed by atoms with E-state index in [2.05, 4.69) is 0 Å². The van der Waals surface area contributed by atoms with Gasteiger partial charge in [0.05, 0.1) is 19.2 Å². The zero-order valence-corrected chi connectivity index (χ0v) is 17.8. The van der Waals surface area contributed by atoms with E-state index in [4.69, 9.17) is 9.47 Å². The van der Waals surface area contributed by atoms with Crippen molar-refractivity contribution in [3.05, 3.63) is 59.4 Å². The third-order valence-corrected chi connectivity index (χ3v) is 6.89. The maximum absolute atomic E-state index is 12.4. The number of hydrogen-bond acceptors (Lipinski definition) is 6. The summed E-state index contributed by atoms with van der Waals surface area (Å²) in [4.78, 5) is 38.1. The molecule has 0 radical (unpaired) electrons. The number of carboxylic acids is 2. The van der Waals surface area contributed by atoms with E-state index < -0.39 is 40.6 Å². The van der Waals surface area contributed by atoms with Gasteiger partial charge < -0.3 is 29.7 Å². The van der Waals surface area contributed by atoms with Crippen LogP contribution in [0.4, 0.5) is 4.79 Å². The number of carboxylic acid groups (broad SMARTS) is 2. The minimum absolute atomic E-state index is 0.0755. The van der Waals surface area contributed by atoms with Crippen molar-refractivity contribution < 1.29 is 39.2 Å². The van der Waals surface area contributed by atoms with Crippen LogP contribution in [-0.4, -0.2) is 63.0 Å². The predicted molar refractivity (Wildman–Crippen MR) is 110 cm³/mol. The van der Waals surface area contributed by atoms with E-state index in [1.54, 1.807) is 0 Å². The molecule has 0 bridgehead atoms. The van der Waals surface area contributed by atoms with E-state index in [-0.39, 0.29) is 37.4 Å². The van der Waals surface area contributed by atoms with Gasteiger partial charge in [-0.3, -0.25) is 9.59 Å². The molecule has 1 saturated heterocycles. The number of ether oxygens (including phenoxy) is 2. The highest BCUT2D eigenvalue weighted by atomic mass is 16.6. The van der Waals surface area contributed by atoms with Crippen LogP contribution in [-0.2, 0) is 25.7 Å². The number of likely N-dealkylation sites (tertiary alicyclic amines) is 1. The number of carbonyl (C=O) groups is 3. The van der Waals surface area contributed by atoms with E-state index in [0.717, 1.165) is 5.56 Å². The summed E-state index contributed by atoms with van der Waals surface area (Å²) in [5.41, 5.74) is -3.64. The number of benzene rings is 1. The highest BCUT2D eigenvalue weighted by Gasteiger charge is 2.64. The lowest BCUT2D eigenvalue weighted by atomic mass is 9.59. The second kappa shape index (κ2) is 7.37. The van der Waals surface area contributed by atoms with Crippen LogP contribution in [0.15, 0.2) is 53.8 Å². The number of amides is 1. The van der Waals surface area contributed by atoms with Crippen molar-refractivity contribution in [1.82, 2.24) is 4.90 Å². The number of nitrogens with zero attached hydrogens (tertiary/aromatic N) is 1. The van der Waals surface area contributed by atoms with Gasteiger partial charge in [0, 0.05) is 12.0 Å². The van der Waals surface area contributed by atoms with Crippen molar-refractivity contribution in [3.8, 4) is 0 Å². The smallest absolute Gasteiger partial charge is 0.410 e. The first-order chi connectivity index (χ1) is 15.0. The zero-order chi connectivity index (χ0) is 23.3. The fraction of sp³-hybridized carbons (Fsp3) is 0.435. The third kappa shape index (κ3) is 3.15. The molecule has 1 aromatic rings. The number of aliphatic hydroxyl groups excluding tert-OH is 1. The Hall–Kier alpha value is -3.33. The second-order valence-electron chi connectivity index (χ2n) is 8.96. The van der Waals surface area contributed by atoms with Crippen molar-refractivity contribution in [2.45, 2.75) is 38.6 Å². The molecule has 3 aliphatic rings. The van der Waals surface area contributed by atoms with Gasteiger partial charge in [-0.25, -0.2) is 4.79 Å². The molecule has 1 amide bonds. The van der Waals surface area contributed by atoms with Gasteiger partial charge >= 0.3 is 18.0 Å². The Morgan fingerprint density at radius 3 is 2.38 bits per heavy atom. The van der Waals surface area contributed by atoms with Crippen molar-refractivity contribution in [3.63, 3.8) is 0 Å². The molecule has 2 aliphatic heterocycles. The van der Waals surface area contributed by atoms with E-state index in [0.29, 0.717) is 0 Å². The van der Waals surface area contributed by atoms with E-state index in [1.807, 2.05) is 30.3 Å². The fourth-order valence-corrected chi connectivity index (χ4v) is 4.55. The fourth-order valence-electron chi connectivity index (χ4n) is 4.55. The van der Waals surface area contributed by atoms with Gasteiger partial charge in [-0.1, -0.05) is 42.5 Å². The summed E-state index contributed by atoms with van der Waals surface area (Å²) in [6.45, 7) is 2.91. The minimum Gasteiger partial charge on any atom is -0.486 e. The average Bonchev–Trinajstić information content (AvgIpc) is 2.73. The Balaban J connectivity index is 1.52. The average molecular weight is 443 g/mol. The molecule has 0 saturated carbocycles. The number of rotatable bonds is 4. The van der Waals surface area contributed by atoms with Gasteiger partial charge in [-0.2, -0.15) is 0 Å². The normalized spacial score (nSPS) is 30.2. The summed E-state index contributed by atoms with van der Waals surface area (Å²) in [6, 6.07) is 9.21. The first-order valence-corrected chi connectivity index (χ1v) is 10.3. The Labute approximate surface area is 184 Å². The van der Waals surface area contributed by atoms with Crippen LogP contribution in [0.3, 0.4) is 0 Å². The lowest BCUT2D eigenvalue weighted by Gasteiger charge is -2.56. The van der Waals surface area contributed by atoms with Crippen molar-refractivity contribution in [1.29, 1.82) is 0 Å². The molecule has 170 valence electrons. The number of aliphatic carboxylic acids is 2. The first-order valence-electron chi connectivity index (χ1n) is 10.3. The molecule has 9 heteroatoms. The van der Waals surface area contributed by atoms with Crippen molar-refractivity contribution in [2.75, 3.05) is 13.1 Å². The molecule has 32 heavy (non-hydrogen) atoms. The molecule has 9 nitrogen and oxygen atoms in total. The lowest BCUT2D eigenvalue weighted by Crippen LogP contribution is -2.68. The first kappa shape index (κ1) is 21.9. The van der Waals surface area contributed by atoms with Gasteiger partial charge in [0.2, 0.25) is 0 Å². The molecule has 1 aromatic carbocycles. The molecule has 1 fully saturated rings. The Morgan fingerprint density at radius 1 is 1.12 bits per heavy atom. The van der Waals surface area contributed by atoms with Crippen LogP contribution in [0.5, 0.6) is 0 Å². The topological polar surface area (TPSA) is 134 Å². The Morgan fingerprint density at radius 2 is 1.78 bits per heavy atom. The highest BCUT2D eigenvalue weighted by molar-refractivity contribution is 5.91. The quantitative estimate of drug-likeness (QED) is 0.645. The third-order valence-electron chi connectivity index (χ3n) is 6.89. The van der Waals surface area contributed by atoms with Crippen LogP contribution < -0.4 is 0 Å². The van der Waals surface area contributed by atoms with Crippen LogP contribution in [0.25, 0.3) is 0 Å². The van der Waals surface area contributed by atoms with Gasteiger partial charge in [-0.05, 0) is 19.4 Å². The molecule has 0 aromatic heterocycles. The van der Waals surface area contributed by atoms with Gasteiger partial charge in [0.1, 0.15) is 28.8 Å². The number of carbonyl (C=O) groups excluding carboxylic acids is 1. The summed E-state index contributed by atoms with van der Waals surface area (Å²) in [5, 5.41) is 30.5. The van der Waals surface area contributed by atoms with Crippen LogP contribution >= 0.6 is 0 Å². The van der Waals surface area contributed by atoms with Gasteiger partial charge in [-0.15, -0.1) is 0 Å². The largest absolute Gasteiger partial charge is 0.486 e. The summed E-state index contributed by atoms with van der Waals surface area (Å²) < 4.78 is 11.4. The highest BCUT2D eigenvalue weighted by Crippen LogP contribution is 2.55. The number of aliphatic hydroxyl groups is 1. The van der Waals surface area contributed by atoms with E-state index in [9.17, 15) is 29.7 Å². The van der Waals surface area contributed by atoms with Crippen LogP contribution in [0.1, 0.15) is 25.8 Å². The predicted octanol–water partition coefficient (Wildman–Crippen LogP) is 2.16. The zero-order valence-electron chi connectivity index (χ0n) is 17.8. The Kier molecular flexibility index (Phi) is 5.04.